The number of nitrogens with zero attached hydrogens (tertiary/aromatic N) is 3. The van der Waals surface area contributed by atoms with Gasteiger partial charge in [-0.1, -0.05) is 60.4 Å². The molecule has 0 bridgehead atoms. The Morgan fingerprint density at radius 3 is 2.38 bits per heavy atom. The van der Waals surface area contributed by atoms with Crippen LogP contribution in [0.25, 0.3) is 0 Å². The second kappa shape index (κ2) is 11.4. The van der Waals surface area contributed by atoms with Crippen LogP contribution in [0.2, 0.25) is 15.1 Å². The molecule has 2 N–H and O–H groups in total. The molecule has 0 saturated carbocycles. The van der Waals surface area contributed by atoms with E-state index < -0.39 is 6.04 Å². The number of rotatable bonds is 8. The van der Waals surface area contributed by atoms with Gasteiger partial charge in [-0.05, 0) is 54.8 Å². The van der Waals surface area contributed by atoms with Gasteiger partial charge in [-0.3, -0.25) is 9.59 Å². The van der Waals surface area contributed by atoms with Gasteiger partial charge in [0.05, 0.1) is 22.4 Å². The smallest absolute Gasteiger partial charge is 0.253 e. The molecular formula is C23H24Cl3N5O2S. The van der Waals surface area contributed by atoms with Gasteiger partial charge in [0.15, 0.2) is 11.0 Å². The molecule has 0 radical (unpaired) electrons. The molecule has 0 aliphatic rings. The summed E-state index contributed by atoms with van der Waals surface area (Å²) in [7, 11) is 1.80. The highest BCUT2D eigenvalue weighted by Gasteiger charge is 2.26. The van der Waals surface area contributed by atoms with Crippen LogP contribution in [0.4, 0.5) is 5.69 Å². The first-order valence-electron chi connectivity index (χ1n) is 10.4. The van der Waals surface area contributed by atoms with Crippen molar-refractivity contribution in [2.75, 3.05) is 11.1 Å². The molecule has 0 aliphatic heterocycles. The minimum atomic E-state index is -0.420. The number of thioether (sulfide) groups is 1. The van der Waals surface area contributed by atoms with Crippen LogP contribution in [-0.4, -0.2) is 32.3 Å². The molecule has 2 aromatic carbocycles. The summed E-state index contributed by atoms with van der Waals surface area (Å²) in [5.74, 6) is 0.228. The summed E-state index contributed by atoms with van der Waals surface area (Å²) in [6.07, 6.45) is 0. The summed E-state index contributed by atoms with van der Waals surface area (Å²) < 4.78 is 1.78. The van der Waals surface area contributed by atoms with E-state index in [-0.39, 0.29) is 28.5 Å². The molecule has 0 saturated heterocycles. The number of benzene rings is 2. The zero-order valence-corrected chi connectivity index (χ0v) is 22.1. The molecule has 1 aromatic heterocycles. The molecule has 3 rings (SSSR count). The maximum Gasteiger partial charge on any atom is 0.253 e. The number of hydrogen-bond acceptors (Lipinski definition) is 5. The van der Waals surface area contributed by atoms with E-state index in [2.05, 4.69) is 20.8 Å². The van der Waals surface area contributed by atoms with Crippen LogP contribution in [0.3, 0.4) is 0 Å². The minimum Gasteiger partial charge on any atom is -0.342 e. The van der Waals surface area contributed by atoms with E-state index in [9.17, 15) is 9.59 Å². The van der Waals surface area contributed by atoms with E-state index in [1.807, 2.05) is 20.8 Å². The van der Waals surface area contributed by atoms with Gasteiger partial charge in [-0.15, -0.1) is 10.2 Å². The van der Waals surface area contributed by atoms with Crippen LogP contribution in [0.5, 0.6) is 0 Å². The van der Waals surface area contributed by atoms with E-state index >= 15 is 0 Å². The summed E-state index contributed by atoms with van der Waals surface area (Å²) in [6.45, 7) is 5.82. The van der Waals surface area contributed by atoms with Gasteiger partial charge in [-0.25, -0.2) is 0 Å². The monoisotopic (exact) mass is 539 g/mol. The summed E-state index contributed by atoms with van der Waals surface area (Å²) in [5, 5.41) is 16.2. The topological polar surface area (TPSA) is 88.9 Å². The third-order valence-corrected chi connectivity index (χ3v) is 6.87. The highest BCUT2D eigenvalue weighted by Crippen LogP contribution is 2.27. The lowest BCUT2D eigenvalue weighted by Crippen LogP contribution is -2.33. The number of halogens is 3. The van der Waals surface area contributed by atoms with E-state index in [0.29, 0.717) is 32.3 Å². The van der Waals surface area contributed by atoms with E-state index in [0.717, 1.165) is 5.56 Å². The molecule has 1 heterocycles. The van der Waals surface area contributed by atoms with Gasteiger partial charge in [0, 0.05) is 22.8 Å². The van der Waals surface area contributed by atoms with Crippen molar-refractivity contribution in [3.05, 3.63) is 68.4 Å². The van der Waals surface area contributed by atoms with Crippen molar-refractivity contribution >= 4 is 64.1 Å². The number of amides is 2. The predicted molar refractivity (Wildman–Crippen MR) is 138 cm³/mol. The van der Waals surface area contributed by atoms with Crippen LogP contribution in [0.1, 0.15) is 41.6 Å². The number of hydrogen-bond donors (Lipinski definition) is 2. The maximum absolute atomic E-state index is 12.9. The standard InChI is InChI=1S/C23H24Cl3N5O2S/c1-12(2)20(28-22(33)16-7-5-15(25)10-17(16)26)21-29-30-23(31(21)4)34-11-19(32)27-18-8-6-14(24)9-13(18)3/h5-10,12,20H,11H2,1-4H3,(H,27,32)(H,28,33)/t20-/m0/s1. The van der Waals surface area contributed by atoms with Crippen LogP contribution < -0.4 is 10.6 Å². The average molecular weight is 541 g/mol. The molecular weight excluding hydrogens is 517 g/mol. The Morgan fingerprint density at radius 2 is 1.74 bits per heavy atom. The molecule has 2 amide bonds. The van der Waals surface area contributed by atoms with Crippen molar-refractivity contribution in [2.24, 2.45) is 13.0 Å². The Labute approximate surface area is 217 Å². The Morgan fingerprint density at radius 1 is 1.06 bits per heavy atom. The number of aryl methyl sites for hydroxylation is 1. The Balaban J connectivity index is 1.69. The summed E-state index contributed by atoms with van der Waals surface area (Å²) in [5.41, 5.74) is 1.91. The fourth-order valence-electron chi connectivity index (χ4n) is 3.23. The zero-order chi connectivity index (χ0) is 25.0. The number of carbonyl (C=O) groups is 2. The molecule has 0 aliphatic carbocycles. The van der Waals surface area contributed by atoms with Crippen molar-refractivity contribution in [1.82, 2.24) is 20.1 Å². The number of nitrogens with one attached hydrogen (secondary N) is 2. The summed E-state index contributed by atoms with van der Waals surface area (Å²) in [4.78, 5) is 25.3. The molecule has 0 fully saturated rings. The van der Waals surface area contributed by atoms with E-state index in [1.165, 1.54) is 17.8 Å². The molecule has 0 spiro atoms. The van der Waals surface area contributed by atoms with Gasteiger partial charge in [0.2, 0.25) is 5.91 Å². The van der Waals surface area contributed by atoms with Gasteiger partial charge in [0.25, 0.3) is 5.91 Å². The molecule has 7 nitrogen and oxygen atoms in total. The Hall–Kier alpha value is -2.26. The normalized spacial score (nSPS) is 12.0. The molecule has 11 heteroatoms. The fourth-order valence-corrected chi connectivity index (χ4v) is 4.67. The van der Waals surface area contributed by atoms with Crippen molar-refractivity contribution in [2.45, 2.75) is 32.0 Å². The predicted octanol–water partition coefficient (Wildman–Crippen LogP) is 5.94. The van der Waals surface area contributed by atoms with Crippen LogP contribution in [0.15, 0.2) is 41.6 Å². The molecule has 34 heavy (non-hydrogen) atoms. The molecule has 3 aromatic rings. The van der Waals surface area contributed by atoms with Gasteiger partial charge in [-0.2, -0.15) is 0 Å². The SMILES string of the molecule is Cc1cc(Cl)ccc1NC(=O)CSc1nnc([C@@H](NC(=O)c2ccc(Cl)cc2Cl)C(C)C)n1C. The maximum atomic E-state index is 12.9. The van der Waals surface area contributed by atoms with Gasteiger partial charge >= 0.3 is 0 Å². The molecule has 180 valence electrons. The summed E-state index contributed by atoms with van der Waals surface area (Å²) in [6, 6.07) is 9.58. The first kappa shape index (κ1) is 26.3. The largest absolute Gasteiger partial charge is 0.342 e. The second-order valence-corrected chi connectivity index (χ2v) is 10.2. The minimum absolute atomic E-state index is 0.0203. The lowest BCUT2D eigenvalue weighted by molar-refractivity contribution is -0.113. The third-order valence-electron chi connectivity index (χ3n) is 5.07. The molecule has 0 unspecified atom stereocenters. The van der Waals surface area contributed by atoms with Crippen LogP contribution in [-0.2, 0) is 11.8 Å². The third kappa shape index (κ3) is 6.44. The number of anilines is 1. The van der Waals surface area contributed by atoms with Crippen LogP contribution in [0, 0.1) is 12.8 Å². The number of carbonyl (C=O) groups excluding carboxylic acids is 2. The Bertz CT molecular complexity index is 1220. The summed E-state index contributed by atoms with van der Waals surface area (Å²) >= 11 is 19.3. The van der Waals surface area contributed by atoms with Crippen molar-refractivity contribution in [1.29, 1.82) is 0 Å². The van der Waals surface area contributed by atoms with Crippen molar-refractivity contribution in [3.8, 4) is 0 Å². The van der Waals surface area contributed by atoms with Crippen LogP contribution >= 0.6 is 46.6 Å². The highest BCUT2D eigenvalue weighted by molar-refractivity contribution is 7.99. The average Bonchev–Trinajstić information content (AvgIpc) is 3.12. The lowest BCUT2D eigenvalue weighted by Gasteiger charge is -2.22. The fraction of sp³-hybridized carbons (Fsp3) is 0.304. The van der Waals surface area contributed by atoms with E-state index in [4.69, 9.17) is 34.8 Å². The van der Waals surface area contributed by atoms with Gasteiger partial charge in [0.1, 0.15) is 0 Å². The highest BCUT2D eigenvalue weighted by atomic mass is 35.5. The van der Waals surface area contributed by atoms with E-state index in [1.54, 1.807) is 41.9 Å². The van der Waals surface area contributed by atoms with Crippen molar-refractivity contribution < 1.29 is 9.59 Å². The van der Waals surface area contributed by atoms with Gasteiger partial charge < -0.3 is 15.2 Å². The lowest BCUT2D eigenvalue weighted by atomic mass is 10.0. The Kier molecular flexibility index (Phi) is 8.87. The first-order chi connectivity index (χ1) is 16.1. The second-order valence-electron chi connectivity index (χ2n) is 8.02. The molecule has 1 atom stereocenters. The number of aromatic nitrogens is 3. The quantitative estimate of drug-likeness (QED) is 0.345. The first-order valence-corrected chi connectivity index (χ1v) is 12.5. The van der Waals surface area contributed by atoms with Crippen molar-refractivity contribution in [3.63, 3.8) is 0 Å². The zero-order valence-electron chi connectivity index (χ0n) is 19.0.